The SMILES string of the molecule is O=C(CBr)CN(C(=O)OCc1ccccc1)C1CCCC1. The minimum Gasteiger partial charge on any atom is -0.445 e. The van der Waals surface area contributed by atoms with E-state index in [0.29, 0.717) is 0 Å². The van der Waals surface area contributed by atoms with Gasteiger partial charge in [0.15, 0.2) is 5.78 Å². The normalized spacial score (nSPS) is 14.9. The van der Waals surface area contributed by atoms with E-state index in [1.54, 1.807) is 4.90 Å². The Labute approximate surface area is 133 Å². The fraction of sp³-hybridized carbons (Fsp3) is 0.500. The van der Waals surface area contributed by atoms with Crippen molar-refractivity contribution < 1.29 is 14.3 Å². The summed E-state index contributed by atoms with van der Waals surface area (Å²) in [5, 5.41) is 0.266. The Morgan fingerprint density at radius 2 is 1.86 bits per heavy atom. The third kappa shape index (κ3) is 4.84. The first-order chi connectivity index (χ1) is 10.2. The van der Waals surface area contributed by atoms with Crippen LogP contribution in [0.5, 0.6) is 0 Å². The molecule has 0 aromatic heterocycles. The van der Waals surface area contributed by atoms with Crippen LogP contribution in [0.3, 0.4) is 0 Å². The molecule has 21 heavy (non-hydrogen) atoms. The first-order valence-electron chi connectivity index (χ1n) is 7.25. The molecular formula is C16H20BrNO3. The summed E-state index contributed by atoms with van der Waals surface area (Å²) in [6.07, 6.45) is 3.73. The van der Waals surface area contributed by atoms with Crippen LogP contribution in [0.1, 0.15) is 31.2 Å². The topological polar surface area (TPSA) is 46.6 Å². The van der Waals surface area contributed by atoms with Crippen molar-refractivity contribution in [2.75, 3.05) is 11.9 Å². The average Bonchev–Trinajstić information content (AvgIpc) is 3.05. The number of hydrogen-bond donors (Lipinski definition) is 0. The van der Waals surface area contributed by atoms with E-state index in [1.807, 2.05) is 30.3 Å². The molecule has 4 nitrogen and oxygen atoms in total. The molecule has 114 valence electrons. The molecule has 0 unspecified atom stereocenters. The molecule has 1 aliphatic rings. The predicted octanol–water partition coefficient (Wildman–Crippen LogP) is 3.53. The van der Waals surface area contributed by atoms with Crippen LogP contribution in [0, 0.1) is 0 Å². The summed E-state index contributed by atoms with van der Waals surface area (Å²) in [5.74, 6) is -0.00133. The maximum Gasteiger partial charge on any atom is 0.410 e. The van der Waals surface area contributed by atoms with Crippen LogP contribution in [-0.4, -0.2) is 34.7 Å². The van der Waals surface area contributed by atoms with Crippen molar-refractivity contribution in [3.63, 3.8) is 0 Å². The van der Waals surface area contributed by atoms with Gasteiger partial charge in [0.2, 0.25) is 0 Å². The zero-order valence-electron chi connectivity index (χ0n) is 12.0. The molecule has 0 aliphatic heterocycles. The quantitative estimate of drug-likeness (QED) is 0.735. The number of benzene rings is 1. The van der Waals surface area contributed by atoms with Gasteiger partial charge in [-0.2, -0.15) is 0 Å². The van der Waals surface area contributed by atoms with Gasteiger partial charge in [-0.25, -0.2) is 4.79 Å². The van der Waals surface area contributed by atoms with E-state index >= 15 is 0 Å². The second-order valence-electron chi connectivity index (χ2n) is 5.28. The van der Waals surface area contributed by atoms with E-state index in [9.17, 15) is 9.59 Å². The van der Waals surface area contributed by atoms with Crippen LogP contribution in [0.4, 0.5) is 4.79 Å². The lowest BCUT2D eigenvalue weighted by molar-refractivity contribution is -0.117. The summed E-state index contributed by atoms with van der Waals surface area (Å²) in [4.78, 5) is 25.5. The Kier molecular flexibility index (Phi) is 6.23. The van der Waals surface area contributed by atoms with Crippen molar-refractivity contribution in [1.82, 2.24) is 4.90 Å². The van der Waals surface area contributed by atoms with Crippen LogP contribution in [0.25, 0.3) is 0 Å². The van der Waals surface area contributed by atoms with Crippen LogP contribution in [0.2, 0.25) is 0 Å². The van der Waals surface area contributed by atoms with Gasteiger partial charge in [0.1, 0.15) is 6.61 Å². The number of ketones is 1. The molecule has 1 aliphatic carbocycles. The molecule has 0 bridgehead atoms. The fourth-order valence-electron chi connectivity index (χ4n) is 2.59. The van der Waals surface area contributed by atoms with Crippen LogP contribution in [-0.2, 0) is 16.1 Å². The van der Waals surface area contributed by atoms with E-state index in [1.165, 1.54) is 0 Å². The number of halogens is 1. The van der Waals surface area contributed by atoms with E-state index in [2.05, 4.69) is 15.9 Å². The molecule has 0 saturated heterocycles. The number of hydrogen-bond acceptors (Lipinski definition) is 3. The van der Waals surface area contributed by atoms with Crippen LogP contribution < -0.4 is 0 Å². The van der Waals surface area contributed by atoms with Gasteiger partial charge in [0, 0.05) is 6.04 Å². The van der Waals surface area contributed by atoms with Gasteiger partial charge in [0.25, 0.3) is 0 Å². The zero-order chi connectivity index (χ0) is 15.1. The smallest absolute Gasteiger partial charge is 0.410 e. The molecule has 0 heterocycles. The Hall–Kier alpha value is -1.36. The van der Waals surface area contributed by atoms with Crippen LogP contribution >= 0.6 is 15.9 Å². The molecule has 1 aromatic carbocycles. The predicted molar refractivity (Wildman–Crippen MR) is 84.4 cm³/mol. The average molecular weight is 354 g/mol. The largest absolute Gasteiger partial charge is 0.445 e. The van der Waals surface area contributed by atoms with E-state index < -0.39 is 0 Å². The summed E-state index contributed by atoms with van der Waals surface area (Å²) < 4.78 is 5.37. The molecule has 1 amide bonds. The van der Waals surface area contributed by atoms with Crippen molar-refractivity contribution >= 4 is 27.8 Å². The molecule has 5 heteroatoms. The van der Waals surface area contributed by atoms with Gasteiger partial charge in [-0.15, -0.1) is 0 Å². The molecule has 0 atom stereocenters. The summed E-state index contributed by atoms with van der Waals surface area (Å²) in [5.41, 5.74) is 0.948. The maximum absolute atomic E-state index is 12.3. The van der Waals surface area contributed by atoms with Crippen molar-refractivity contribution in [2.24, 2.45) is 0 Å². The zero-order valence-corrected chi connectivity index (χ0v) is 13.5. The van der Waals surface area contributed by atoms with Gasteiger partial charge in [-0.05, 0) is 18.4 Å². The van der Waals surface area contributed by atoms with Crippen LogP contribution in [0.15, 0.2) is 30.3 Å². The van der Waals surface area contributed by atoms with Gasteiger partial charge >= 0.3 is 6.09 Å². The summed E-state index contributed by atoms with van der Waals surface area (Å²) >= 11 is 3.15. The second kappa shape index (κ2) is 8.17. The third-order valence-electron chi connectivity index (χ3n) is 3.70. The highest BCUT2D eigenvalue weighted by molar-refractivity contribution is 9.09. The standard InChI is InChI=1S/C16H20BrNO3/c17-10-15(19)11-18(14-8-4-5-9-14)16(20)21-12-13-6-2-1-3-7-13/h1-3,6-7,14H,4-5,8-12H2. The van der Waals surface area contributed by atoms with Gasteiger partial charge < -0.3 is 4.74 Å². The van der Waals surface area contributed by atoms with Crippen molar-refractivity contribution in [2.45, 2.75) is 38.3 Å². The fourth-order valence-corrected chi connectivity index (χ4v) is 2.77. The number of carbonyl (C=O) groups is 2. The highest BCUT2D eigenvalue weighted by Crippen LogP contribution is 2.24. The Morgan fingerprint density at radius 3 is 2.48 bits per heavy atom. The lowest BCUT2D eigenvalue weighted by Gasteiger charge is -2.27. The number of nitrogens with zero attached hydrogens (tertiary/aromatic N) is 1. The highest BCUT2D eigenvalue weighted by Gasteiger charge is 2.29. The van der Waals surface area contributed by atoms with E-state index in [-0.39, 0.29) is 36.4 Å². The van der Waals surface area contributed by atoms with Crippen molar-refractivity contribution in [3.05, 3.63) is 35.9 Å². The Morgan fingerprint density at radius 1 is 1.19 bits per heavy atom. The molecule has 0 radical (unpaired) electrons. The van der Waals surface area contributed by atoms with Gasteiger partial charge in [-0.1, -0.05) is 59.1 Å². The maximum atomic E-state index is 12.3. The summed E-state index contributed by atoms with van der Waals surface area (Å²) in [7, 11) is 0. The number of alkyl halides is 1. The summed E-state index contributed by atoms with van der Waals surface area (Å²) in [6.45, 7) is 0.370. The van der Waals surface area contributed by atoms with Crippen molar-refractivity contribution in [1.29, 1.82) is 0 Å². The minimum absolute atomic E-state index is 0.00133. The number of amides is 1. The molecule has 2 rings (SSSR count). The van der Waals surface area contributed by atoms with Gasteiger partial charge in [-0.3, -0.25) is 9.69 Å². The third-order valence-corrected chi connectivity index (χ3v) is 4.33. The monoisotopic (exact) mass is 353 g/mol. The minimum atomic E-state index is -0.389. The van der Waals surface area contributed by atoms with E-state index in [0.717, 1.165) is 31.2 Å². The lowest BCUT2D eigenvalue weighted by Crippen LogP contribution is -2.42. The molecule has 0 N–H and O–H groups in total. The molecule has 1 fully saturated rings. The molecular weight excluding hydrogens is 334 g/mol. The number of ether oxygens (including phenoxy) is 1. The molecule has 0 spiro atoms. The Bertz CT molecular complexity index is 472. The number of rotatable bonds is 6. The van der Waals surface area contributed by atoms with E-state index in [4.69, 9.17) is 4.74 Å². The Balaban J connectivity index is 1.94. The first-order valence-corrected chi connectivity index (χ1v) is 8.38. The molecule has 1 saturated carbocycles. The lowest BCUT2D eigenvalue weighted by atomic mass is 10.2. The highest BCUT2D eigenvalue weighted by atomic mass is 79.9. The number of Topliss-reactive ketones (excluding diaryl/α,β-unsaturated/α-hetero) is 1. The second-order valence-corrected chi connectivity index (χ2v) is 5.84. The van der Waals surface area contributed by atoms with Crippen molar-refractivity contribution in [3.8, 4) is 0 Å². The number of carbonyl (C=O) groups excluding carboxylic acids is 2. The summed E-state index contributed by atoms with van der Waals surface area (Å²) in [6, 6.07) is 9.70. The van der Waals surface area contributed by atoms with Gasteiger partial charge in [0.05, 0.1) is 11.9 Å². The first kappa shape index (κ1) is 16.0. The molecule has 1 aromatic rings.